The van der Waals surface area contributed by atoms with E-state index >= 15 is 0 Å². The van der Waals surface area contributed by atoms with Crippen LogP contribution in [0.4, 0.5) is 5.69 Å². The first-order chi connectivity index (χ1) is 17.6. The second-order valence-electron chi connectivity index (χ2n) is 11.7. The van der Waals surface area contributed by atoms with E-state index in [2.05, 4.69) is 120 Å². The smallest absolute Gasteiger partial charge is 0.126 e. The number of thiazole rings is 1. The third-order valence-electron chi connectivity index (χ3n) is 6.68. The summed E-state index contributed by atoms with van der Waals surface area (Å²) in [6.07, 6.45) is 2.01. The van der Waals surface area contributed by atoms with Crippen LogP contribution < -0.4 is 0 Å². The van der Waals surface area contributed by atoms with Crippen LogP contribution in [0.1, 0.15) is 58.2 Å². The molecule has 0 atom stereocenters. The van der Waals surface area contributed by atoms with Crippen LogP contribution in [-0.2, 0) is 10.8 Å². The molecule has 0 radical (unpaired) electrons. The summed E-state index contributed by atoms with van der Waals surface area (Å²) in [5.74, 6) is 0. The van der Waals surface area contributed by atoms with Crippen LogP contribution in [0.5, 0.6) is 0 Å². The lowest BCUT2D eigenvalue weighted by Crippen LogP contribution is -2.17. The largest absolute Gasteiger partial charge is 0.256 e. The first-order valence-corrected chi connectivity index (χ1v) is 13.7. The molecule has 0 N–H and O–H groups in total. The van der Waals surface area contributed by atoms with Gasteiger partial charge in [-0.1, -0.05) is 102 Å². The minimum absolute atomic E-state index is 0.0687. The molecule has 0 aliphatic heterocycles. The van der Waals surface area contributed by atoms with E-state index in [1.807, 2.05) is 18.3 Å². The van der Waals surface area contributed by atoms with Gasteiger partial charge in [0.25, 0.3) is 0 Å². The minimum Gasteiger partial charge on any atom is -0.256 e. The van der Waals surface area contributed by atoms with E-state index in [1.54, 1.807) is 11.3 Å². The Bertz CT molecular complexity index is 1550. The summed E-state index contributed by atoms with van der Waals surface area (Å²) >= 11 is 1.72. The Kier molecular flexibility index (Phi) is 6.59. The third-order valence-corrected chi connectivity index (χ3v) is 7.73. The maximum absolute atomic E-state index is 5.11. The number of fused-ring (bicyclic) bond motifs is 1. The van der Waals surface area contributed by atoms with Crippen molar-refractivity contribution >= 4 is 33.5 Å². The molecule has 0 unspecified atom stereocenters. The number of nitrogens with zero attached hydrogens (tertiary/aromatic N) is 2. The number of para-hydroxylation sites is 2. The van der Waals surface area contributed by atoms with Crippen LogP contribution in [0.3, 0.4) is 0 Å². The van der Waals surface area contributed by atoms with Gasteiger partial charge in [0.2, 0.25) is 0 Å². The molecule has 0 bridgehead atoms. The summed E-state index contributed by atoms with van der Waals surface area (Å²) in [7, 11) is 0. The van der Waals surface area contributed by atoms with Crippen LogP contribution in [-0.4, -0.2) is 11.2 Å². The summed E-state index contributed by atoms with van der Waals surface area (Å²) in [6.45, 7) is 13.6. The first kappa shape index (κ1) is 25.1. The molecular formula is C34H34N2S. The van der Waals surface area contributed by atoms with E-state index in [9.17, 15) is 0 Å². The van der Waals surface area contributed by atoms with E-state index in [0.717, 1.165) is 32.9 Å². The number of aromatic nitrogens is 1. The summed E-state index contributed by atoms with van der Waals surface area (Å²) in [5, 5.41) is 0.991. The molecule has 5 rings (SSSR count). The van der Waals surface area contributed by atoms with Gasteiger partial charge >= 0.3 is 0 Å². The quantitative estimate of drug-likeness (QED) is 0.224. The SMILES string of the molecule is CC(C)(C)c1cc(/C=N/c2ccccc2-c2nc3c(-c4ccccc4)cccc3s2)cc(C(C)(C)C)c1. The van der Waals surface area contributed by atoms with Gasteiger partial charge in [-0.2, -0.15) is 0 Å². The highest BCUT2D eigenvalue weighted by atomic mass is 32.1. The summed E-state index contributed by atoms with van der Waals surface area (Å²) in [4.78, 5) is 10.1. The normalized spacial score (nSPS) is 12.5. The Morgan fingerprint density at radius 2 is 1.30 bits per heavy atom. The average Bonchev–Trinajstić information content (AvgIpc) is 3.31. The molecule has 4 aromatic carbocycles. The molecule has 1 aromatic heterocycles. The zero-order valence-corrected chi connectivity index (χ0v) is 23.4. The van der Waals surface area contributed by atoms with Gasteiger partial charge in [0.15, 0.2) is 0 Å². The summed E-state index contributed by atoms with van der Waals surface area (Å²) in [5.41, 5.74) is 9.30. The van der Waals surface area contributed by atoms with Crippen molar-refractivity contribution < 1.29 is 0 Å². The Balaban J connectivity index is 1.56. The van der Waals surface area contributed by atoms with Crippen molar-refractivity contribution in [3.63, 3.8) is 0 Å². The van der Waals surface area contributed by atoms with Crippen molar-refractivity contribution in [1.82, 2.24) is 4.98 Å². The van der Waals surface area contributed by atoms with E-state index < -0.39 is 0 Å². The molecule has 0 aliphatic rings. The molecule has 0 saturated heterocycles. The van der Waals surface area contributed by atoms with Crippen molar-refractivity contribution in [2.24, 2.45) is 4.99 Å². The zero-order chi connectivity index (χ0) is 26.2. The lowest BCUT2D eigenvalue weighted by atomic mass is 9.79. The molecule has 3 heteroatoms. The van der Waals surface area contributed by atoms with E-state index in [1.165, 1.54) is 21.4 Å². The average molecular weight is 503 g/mol. The van der Waals surface area contributed by atoms with Crippen LogP contribution in [0.2, 0.25) is 0 Å². The highest BCUT2D eigenvalue weighted by Crippen LogP contribution is 2.39. The zero-order valence-electron chi connectivity index (χ0n) is 22.5. The molecule has 0 spiro atoms. The summed E-state index contributed by atoms with van der Waals surface area (Å²) in [6, 6.07) is 32.1. The number of benzene rings is 4. The molecular weight excluding hydrogens is 468 g/mol. The lowest BCUT2D eigenvalue weighted by molar-refractivity contribution is 0.568. The van der Waals surface area contributed by atoms with E-state index in [0.29, 0.717) is 0 Å². The molecule has 37 heavy (non-hydrogen) atoms. The molecule has 0 fully saturated rings. The fourth-order valence-electron chi connectivity index (χ4n) is 4.42. The Morgan fingerprint density at radius 3 is 1.97 bits per heavy atom. The van der Waals surface area contributed by atoms with Crippen molar-refractivity contribution in [2.75, 3.05) is 0 Å². The lowest BCUT2D eigenvalue weighted by Gasteiger charge is -2.25. The monoisotopic (exact) mass is 502 g/mol. The second-order valence-corrected chi connectivity index (χ2v) is 12.7. The second kappa shape index (κ2) is 9.72. The molecule has 5 aromatic rings. The van der Waals surface area contributed by atoms with Crippen LogP contribution in [0.15, 0.2) is 96.0 Å². The standard InChI is InChI=1S/C34H34N2S/c1-33(2,3)25-19-23(20-26(21-25)34(4,5)6)22-35-29-17-11-10-15-28(29)32-36-31-27(16-12-18-30(31)37-32)24-13-8-7-9-14-24/h7-22H,1-6H3/b35-22+. The van der Waals surface area contributed by atoms with Crippen molar-refractivity contribution in [3.05, 3.63) is 108 Å². The number of rotatable bonds is 4. The molecule has 2 nitrogen and oxygen atoms in total. The van der Waals surface area contributed by atoms with Gasteiger partial charge in [0.05, 0.1) is 15.9 Å². The van der Waals surface area contributed by atoms with Gasteiger partial charge in [-0.25, -0.2) is 4.98 Å². The van der Waals surface area contributed by atoms with Gasteiger partial charge < -0.3 is 0 Å². The number of aliphatic imine (C=N–C) groups is 1. The van der Waals surface area contributed by atoms with Crippen molar-refractivity contribution in [1.29, 1.82) is 0 Å². The first-order valence-electron chi connectivity index (χ1n) is 12.8. The van der Waals surface area contributed by atoms with Gasteiger partial charge in [-0.15, -0.1) is 11.3 Å². The Labute approximate surface area is 224 Å². The van der Waals surface area contributed by atoms with Gasteiger partial charge in [-0.3, -0.25) is 4.99 Å². The van der Waals surface area contributed by atoms with Gasteiger partial charge in [0.1, 0.15) is 5.01 Å². The van der Waals surface area contributed by atoms with Crippen LogP contribution in [0.25, 0.3) is 31.9 Å². The van der Waals surface area contributed by atoms with E-state index in [-0.39, 0.29) is 10.8 Å². The Hall–Kier alpha value is -3.56. The third kappa shape index (κ3) is 5.42. The molecule has 0 amide bonds. The highest BCUT2D eigenvalue weighted by Gasteiger charge is 2.20. The van der Waals surface area contributed by atoms with Crippen LogP contribution >= 0.6 is 11.3 Å². The molecule has 1 heterocycles. The predicted molar refractivity (Wildman–Crippen MR) is 162 cm³/mol. The fraction of sp³-hybridized carbons (Fsp3) is 0.235. The minimum atomic E-state index is 0.0687. The highest BCUT2D eigenvalue weighted by molar-refractivity contribution is 7.21. The topological polar surface area (TPSA) is 25.2 Å². The van der Waals surface area contributed by atoms with Crippen molar-refractivity contribution in [2.45, 2.75) is 52.4 Å². The predicted octanol–water partition coefficient (Wildman–Crippen LogP) is 9.98. The van der Waals surface area contributed by atoms with Crippen LogP contribution in [0, 0.1) is 0 Å². The number of hydrogen-bond acceptors (Lipinski definition) is 3. The summed E-state index contributed by atoms with van der Waals surface area (Å²) < 4.78 is 1.18. The fourth-order valence-corrected chi connectivity index (χ4v) is 5.44. The Morgan fingerprint density at radius 1 is 0.676 bits per heavy atom. The van der Waals surface area contributed by atoms with Gasteiger partial charge in [0, 0.05) is 17.3 Å². The maximum atomic E-state index is 5.11. The molecule has 186 valence electrons. The maximum Gasteiger partial charge on any atom is 0.126 e. The molecule has 0 aliphatic carbocycles. The molecule has 0 saturated carbocycles. The number of hydrogen-bond donors (Lipinski definition) is 0. The van der Waals surface area contributed by atoms with Crippen molar-refractivity contribution in [3.8, 4) is 21.7 Å². The van der Waals surface area contributed by atoms with Gasteiger partial charge in [-0.05, 0) is 63.4 Å². The van der Waals surface area contributed by atoms with E-state index in [4.69, 9.17) is 9.98 Å².